The summed E-state index contributed by atoms with van der Waals surface area (Å²) in [7, 11) is -3.74. The standard InChI is InChI=1S/C18H24N2O5S/c1-2-11-20(12-15-3-4-15)17(21)13-25-18(22)10-7-14-5-8-16(9-6-14)26(19,23)24/h5-10,15H,2-4,11-13H2,1H3,(H2,19,23,24)/b10-7+. The minimum atomic E-state index is -3.74. The van der Waals surface area contributed by atoms with E-state index in [2.05, 4.69) is 0 Å². The van der Waals surface area contributed by atoms with Gasteiger partial charge in [-0.1, -0.05) is 19.1 Å². The van der Waals surface area contributed by atoms with E-state index in [-0.39, 0.29) is 17.4 Å². The Bertz CT molecular complexity index is 767. The molecule has 0 bridgehead atoms. The summed E-state index contributed by atoms with van der Waals surface area (Å²) in [5.41, 5.74) is 0.613. The summed E-state index contributed by atoms with van der Waals surface area (Å²) >= 11 is 0. The number of carbonyl (C=O) groups excluding carboxylic acids is 2. The molecule has 0 aromatic heterocycles. The topological polar surface area (TPSA) is 107 Å². The summed E-state index contributed by atoms with van der Waals surface area (Å²) in [6.07, 6.45) is 5.85. The van der Waals surface area contributed by atoms with Gasteiger partial charge in [-0.05, 0) is 49.0 Å². The Morgan fingerprint density at radius 3 is 2.46 bits per heavy atom. The van der Waals surface area contributed by atoms with Crippen LogP contribution in [0, 0.1) is 5.92 Å². The second-order valence-electron chi connectivity index (χ2n) is 6.34. The normalized spacial score (nSPS) is 14.4. The number of nitrogens with zero attached hydrogens (tertiary/aromatic N) is 1. The van der Waals surface area contributed by atoms with Crippen LogP contribution >= 0.6 is 0 Å². The third-order valence-corrected chi connectivity index (χ3v) is 4.91. The van der Waals surface area contributed by atoms with Crippen LogP contribution in [0.15, 0.2) is 35.2 Å². The predicted molar refractivity (Wildman–Crippen MR) is 97.4 cm³/mol. The highest BCUT2D eigenvalue weighted by molar-refractivity contribution is 7.89. The first-order valence-corrected chi connectivity index (χ1v) is 10.1. The summed E-state index contributed by atoms with van der Waals surface area (Å²) in [4.78, 5) is 25.7. The van der Waals surface area contributed by atoms with E-state index in [0.717, 1.165) is 25.8 Å². The molecule has 26 heavy (non-hydrogen) atoms. The fourth-order valence-electron chi connectivity index (χ4n) is 2.40. The molecule has 0 aliphatic heterocycles. The van der Waals surface area contributed by atoms with Crippen LogP contribution in [0.25, 0.3) is 6.08 Å². The molecule has 7 nitrogen and oxygen atoms in total. The van der Waals surface area contributed by atoms with Crippen molar-refractivity contribution in [1.29, 1.82) is 0 Å². The maximum Gasteiger partial charge on any atom is 0.331 e. The molecule has 0 saturated heterocycles. The molecule has 1 aromatic carbocycles. The first kappa shape index (κ1) is 20.1. The third-order valence-electron chi connectivity index (χ3n) is 3.98. The number of hydrogen-bond donors (Lipinski definition) is 1. The number of ether oxygens (including phenoxy) is 1. The number of esters is 1. The number of carbonyl (C=O) groups is 2. The molecule has 1 aromatic rings. The smallest absolute Gasteiger partial charge is 0.331 e. The quantitative estimate of drug-likeness (QED) is 0.516. The molecule has 0 unspecified atom stereocenters. The van der Waals surface area contributed by atoms with Crippen LogP contribution in [0.1, 0.15) is 31.7 Å². The molecule has 1 aliphatic rings. The fraction of sp³-hybridized carbons (Fsp3) is 0.444. The lowest BCUT2D eigenvalue weighted by atomic mass is 10.2. The number of sulfonamides is 1. The van der Waals surface area contributed by atoms with E-state index >= 15 is 0 Å². The predicted octanol–water partition coefficient (Wildman–Crippen LogP) is 1.54. The van der Waals surface area contributed by atoms with Gasteiger partial charge in [-0.3, -0.25) is 4.79 Å². The maximum atomic E-state index is 12.2. The molecular formula is C18H24N2O5S. The fourth-order valence-corrected chi connectivity index (χ4v) is 2.92. The zero-order valence-corrected chi connectivity index (χ0v) is 15.6. The number of primary sulfonamides is 1. The molecule has 0 heterocycles. The molecule has 1 aliphatic carbocycles. The van der Waals surface area contributed by atoms with Crippen molar-refractivity contribution in [3.05, 3.63) is 35.9 Å². The van der Waals surface area contributed by atoms with Gasteiger partial charge in [0, 0.05) is 19.2 Å². The van der Waals surface area contributed by atoms with E-state index in [1.54, 1.807) is 4.90 Å². The van der Waals surface area contributed by atoms with Crippen LogP contribution in [0.4, 0.5) is 0 Å². The lowest BCUT2D eigenvalue weighted by molar-refractivity contribution is -0.148. The van der Waals surface area contributed by atoms with Crippen molar-refractivity contribution in [2.24, 2.45) is 11.1 Å². The highest BCUT2D eigenvalue weighted by Gasteiger charge is 2.26. The van der Waals surface area contributed by atoms with Crippen LogP contribution in [-0.4, -0.2) is 44.9 Å². The van der Waals surface area contributed by atoms with Gasteiger partial charge in [0.05, 0.1) is 4.90 Å². The Balaban J connectivity index is 1.83. The highest BCUT2D eigenvalue weighted by Crippen LogP contribution is 2.29. The summed E-state index contributed by atoms with van der Waals surface area (Å²) in [6.45, 7) is 3.12. The number of benzene rings is 1. The van der Waals surface area contributed by atoms with Crippen LogP contribution in [0.3, 0.4) is 0 Å². The van der Waals surface area contributed by atoms with Crippen molar-refractivity contribution in [3.8, 4) is 0 Å². The van der Waals surface area contributed by atoms with E-state index < -0.39 is 16.0 Å². The zero-order chi connectivity index (χ0) is 19.2. The monoisotopic (exact) mass is 380 g/mol. The number of hydrogen-bond acceptors (Lipinski definition) is 5. The molecule has 142 valence electrons. The van der Waals surface area contributed by atoms with Crippen molar-refractivity contribution < 1.29 is 22.7 Å². The minimum Gasteiger partial charge on any atom is -0.452 e. The van der Waals surface area contributed by atoms with Gasteiger partial charge < -0.3 is 9.64 Å². The Labute approximate surface area is 153 Å². The minimum absolute atomic E-state index is 0.00509. The summed E-state index contributed by atoms with van der Waals surface area (Å²) in [6, 6.07) is 5.75. The molecular weight excluding hydrogens is 356 g/mol. The van der Waals surface area contributed by atoms with Crippen molar-refractivity contribution in [1.82, 2.24) is 4.90 Å². The van der Waals surface area contributed by atoms with Crippen LogP contribution in [0.5, 0.6) is 0 Å². The van der Waals surface area contributed by atoms with Gasteiger partial charge in [0.2, 0.25) is 10.0 Å². The van der Waals surface area contributed by atoms with Crippen LogP contribution in [0.2, 0.25) is 0 Å². The van der Waals surface area contributed by atoms with Crippen molar-refractivity contribution in [2.45, 2.75) is 31.1 Å². The number of rotatable bonds is 9. The molecule has 2 N–H and O–H groups in total. The zero-order valence-electron chi connectivity index (χ0n) is 14.8. The summed E-state index contributed by atoms with van der Waals surface area (Å²) in [5, 5.41) is 5.02. The van der Waals surface area contributed by atoms with Gasteiger partial charge in [-0.25, -0.2) is 18.4 Å². The van der Waals surface area contributed by atoms with Crippen molar-refractivity contribution >= 4 is 28.0 Å². The average molecular weight is 380 g/mol. The Hall–Kier alpha value is -2.19. The van der Waals surface area contributed by atoms with Gasteiger partial charge in [0.25, 0.3) is 5.91 Å². The van der Waals surface area contributed by atoms with Crippen LogP contribution < -0.4 is 5.14 Å². The Kier molecular flexibility index (Phi) is 6.93. The highest BCUT2D eigenvalue weighted by atomic mass is 32.2. The van der Waals surface area contributed by atoms with E-state index in [4.69, 9.17) is 9.88 Å². The van der Waals surface area contributed by atoms with Gasteiger partial charge in [0.15, 0.2) is 6.61 Å². The maximum absolute atomic E-state index is 12.2. The van der Waals surface area contributed by atoms with Gasteiger partial charge in [-0.2, -0.15) is 0 Å². The SMILES string of the molecule is CCCN(CC1CC1)C(=O)COC(=O)/C=C/c1ccc(S(N)(=O)=O)cc1. The van der Waals surface area contributed by atoms with E-state index in [1.165, 1.54) is 36.4 Å². The second kappa shape index (κ2) is 8.95. The molecule has 1 amide bonds. The molecule has 1 fully saturated rings. The first-order chi connectivity index (χ1) is 12.3. The first-order valence-electron chi connectivity index (χ1n) is 8.55. The molecule has 0 spiro atoms. The third kappa shape index (κ3) is 6.61. The molecule has 0 atom stereocenters. The van der Waals surface area contributed by atoms with Gasteiger partial charge in [0.1, 0.15) is 0 Å². The molecule has 8 heteroatoms. The van der Waals surface area contributed by atoms with Crippen molar-refractivity contribution in [3.63, 3.8) is 0 Å². The molecule has 0 radical (unpaired) electrons. The van der Waals surface area contributed by atoms with Gasteiger partial charge in [-0.15, -0.1) is 0 Å². The largest absolute Gasteiger partial charge is 0.452 e. The second-order valence-corrected chi connectivity index (χ2v) is 7.90. The molecule has 2 rings (SSSR count). The average Bonchev–Trinajstić information content (AvgIpc) is 3.41. The Morgan fingerprint density at radius 2 is 1.92 bits per heavy atom. The lowest BCUT2D eigenvalue weighted by Crippen LogP contribution is -2.36. The summed E-state index contributed by atoms with van der Waals surface area (Å²) < 4.78 is 27.4. The van der Waals surface area contributed by atoms with Gasteiger partial charge >= 0.3 is 5.97 Å². The van der Waals surface area contributed by atoms with Crippen molar-refractivity contribution in [2.75, 3.05) is 19.7 Å². The summed E-state index contributed by atoms with van der Waals surface area (Å²) in [5.74, 6) is -0.226. The number of amides is 1. The van der Waals surface area contributed by atoms with E-state index in [1.807, 2.05) is 6.92 Å². The number of nitrogens with two attached hydrogens (primary N) is 1. The lowest BCUT2D eigenvalue weighted by Gasteiger charge is -2.21. The molecule has 1 saturated carbocycles. The van der Waals surface area contributed by atoms with Crippen LogP contribution in [-0.2, 0) is 24.3 Å². The van der Waals surface area contributed by atoms with E-state index in [0.29, 0.717) is 18.0 Å². The van der Waals surface area contributed by atoms with E-state index in [9.17, 15) is 18.0 Å². The Morgan fingerprint density at radius 1 is 1.27 bits per heavy atom.